The summed E-state index contributed by atoms with van der Waals surface area (Å²) in [7, 11) is -2.96. The fourth-order valence-corrected chi connectivity index (χ4v) is 2.99. The van der Waals surface area contributed by atoms with Crippen LogP contribution in [0.15, 0.2) is 24.3 Å². The quantitative estimate of drug-likeness (QED) is 0.762. The van der Waals surface area contributed by atoms with Gasteiger partial charge in [-0.25, -0.2) is 12.8 Å². The van der Waals surface area contributed by atoms with Gasteiger partial charge in [0, 0.05) is 6.26 Å². The minimum absolute atomic E-state index is 0.177. The van der Waals surface area contributed by atoms with E-state index in [1.165, 1.54) is 18.4 Å². The van der Waals surface area contributed by atoms with Crippen molar-refractivity contribution in [2.24, 2.45) is 11.8 Å². The van der Waals surface area contributed by atoms with Crippen LogP contribution in [0.3, 0.4) is 0 Å². The van der Waals surface area contributed by atoms with E-state index in [-0.39, 0.29) is 17.5 Å². The number of nitrogens with one attached hydrogen (secondary N) is 1. The van der Waals surface area contributed by atoms with Crippen LogP contribution in [0.1, 0.15) is 25.8 Å². The molecule has 1 unspecified atom stereocenters. The molecule has 1 rings (SSSR count). The Labute approximate surface area is 127 Å². The molecule has 5 heteroatoms. The Hall–Kier alpha value is -0.940. The van der Waals surface area contributed by atoms with Gasteiger partial charge in [0.05, 0.1) is 5.75 Å². The predicted molar refractivity (Wildman–Crippen MR) is 85.6 cm³/mol. The number of benzene rings is 1. The molecule has 0 aliphatic carbocycles. The van der Waals surface area contributed by atoms with Crippen molar-refractivity contribution in [3.8, 4) is 0 Å². The molecule has 0 aromatic heterocycles. The second-order valence-corrected chi connectivity index (χ2v) is 8.43. The number of sulfone groups is 1. The van der Waals surface area contributed by atoms with E-state index in [4.69, 9.17) is 0 Å². The third-order valence-corrected chi connectivity index (χ3v) is 4.27. The highest BCUT2D eigenvalue weighted by atomic mass is 32.2. The number of hydrogen-bond acceptors (Lipinski definition) is 3. The fourth-order valence-electron chi connectivity index (χ4n) is 2.23. The Balaban J connectivity index is 2.61. The number of halogens is 1. The third kappa shape index (κ3) is 8.83. The molecule has 1 aromatic rings. The molecule has 1 atom stereocenters. The van der Waals surface area contributed by atoms with E-state index in [9.17, 15) is 12.8 Å². The van der Waals surface area contributed by atoms with Crippen molar-refractivity contribution < 1.29 is 12.8 Å². The summed E-state index contributed by atoms with van der Waals surface area (Å²) in [6.45, 7) is 5.92. The first-order chi connectivity index (χ1) is 9.76. The lowest BCUT2D eigenvalue weighted by Crippen LogP contribution is -2.28. The van der Waals surface area contributed by atoms with Gasteiger partial charge in [0.2, 0.25) is 0 Å². The largest absolute Gasteiger partial charge is 0.316 e. The molecule has 120 valence electrons. The van der Waals surface area contributed by atoms with Crippen LogP contribution in [0.25, 0.3) is 0 Å². The normalized spacial score (nSPS) is 13.6. The van der Waals surface area contributed by atoms with Crippen LogP contribution in [0.4, 0.5) is 4.39 Å². The lowest BCUT2D eigenvalue weighted by atomic mass is 9.96. The molecule has 0 saturated heterocycles. The molecule has 0 heterocycles. The molecule has 0 saturated carbocycles. The van der Waals surface area contributed by atoms with Crippen LogP contribution in [0, 0.1) is 17.7 Å². The zero-order chi connectivity index (χ0) is 15.9. The molecule has 0 fully saturated rings. The summed E-state index contributed by atoms with van der Waals surface area (Å²) in [5, 5.41) is 3.37. The molecule has 0 amide bonds. The first kappa shape index (κ1) is 18.1. The summed E-state index contributed by atoms with van der Waals surface area (Å²) in [5.41, 5.74) is 0.917. The number of rotatable bonds is 9. The lowest BCUT2D eigenvalue weighted by Gasteiger charge is -2.18. The zero-order valence-electron chi connectivity index (χ0n) is 13.1. The summed E-state index contributed by atoms with van der Waals surface area (Å²) in [6, 6.07) is 6.53. The maximum atomic E-state index is 13.2. The first-order valence-corrected chi connectivity index (χ1v) is 9.45. The van der Waals surface area contributed by atoms with Crippen molar-refractivity contribution in [2.75, 3.05) is 25.1 Å². The minimum atomic E-state index is -2.96. The van der Waals surface area contributed by atoms with E-state index < -0.39 is 9.84 Å². The van der Waals surface area contributed by atoms with Gasteiger partial charge >= 0.3 is 0 Å². The lowest BCUT2D eigenvalue weighted by molar-refractivity contribution is 0.436. The highest BCUT2D eigenvalue weighted by Crippen LogP contribution is 2.14. The maximum absolute atomic E-state index is 13.2. The Morgan fingerprint density at radius 3 is 2.52 bits per heavy atom. The van der Waals surface area contributed by atoms with Gasteiger partial charge in [0.1, 0.15) is 15.7 Å². The van der Waals surface area contributed by atoms with Crippen molar-refractivity contribution in [1.82, 2.24) is 5.32 Å². The molecular weight excluding hydrogens is 289 g/mol. The molecule has 21 heavy (non-hydrogen) atoms. The fraction of sp³-hybridized carbons (Fsp3) is 0.625. The summed E-state index contributed by atoms with van der Waals surface area (Å²) in [4.78, 5) is 0. The minimum Gasteiger partial charge on any atom is -0.316 e. The van der Waals surface area contributed by atoms with Crippen LogP contribution in [0.5, 0.6) is 0 Å². The molecule has 1 N–H and O–H groups in total. The van der Waals surface area contributed by atoms with Gasteiger partial charge in [0.25, 0.3) is 0 Å². The van der Waals surface area contributed by atoms with Gasteiger partial charge in [-0.05, 0) is 55.5 Å². The Morgan fingerprint density at radius 1 is 1.24 bits per heavy atom. The van der Waals surface area contributed by atoms with Gasteiger partial charge in [-0.15, -0.1) is 0 Å². The smallest absolute Gasteiger partial charge is 0.147 e. The van der Waals surface area contributed by atoms with Crippen LogP contribution in [0.2, 0.25) is 0 Å². The van der Waals surface area contributed by atoms with Gasteiger partial charge in [-0.3, -0.25) is 0 Å². The molecule has 1 aromatic carbocycles. The average molecular weight is 315 g/mol. The summed E-state index contributed by atoms with van der Waals surface area (Å²) >= 11 is 0. The second-order valence-electron chi connectivity index (χ2n) is 6.17. The second kappa shape index (κ2) is 8.49. The predicted octanol–water partition coefficient (Wildman–Crippen LogP) is 2.66. The average Bonchev–Trinajstić information content (AvgIpc) is 2.34. The van der Waals surface area contributed by atoms with Crippen LogP contribution in [-0.4, -0.2) is 33.5 Å². The summed E-state index contributed by atoms with van der Waals surface area (Å²) in [5.74, 6) is 0.676. The van der Waals surface area contributed by atoms with Gasteiger partial charge in [-0.2, -0.15) is 0 Å². The van der Waals surface area contributed by atoms with E-state index in [0.29, 0.717) is 18.8 Å². The monoisotopic (exact) mass is 315 g/mol. The van der Waals surface area contributed by atoms with Crippen LogP contribution in [-0.2, 0) is 16.3 Å². The van der Waals surface area contributed by atoms with E-state index in [1.807, 2.05) is 6.07 Å². The van der Waals surface area contributed by atoms with E-state index in [1.54, 1.807) is 6.07 Å². The van der Waals surface area contributed by atoms with Crippen molar-refractivity contribution in [2.45, 2.75) is 26.7 Å². The molecule has 3 nitrogen and oxygen atoms in total. The van der Waals surface area contributed by atoms with Crippen molar-refractivity contribution >= 4 is 9.84 Å². The SMILES string of the molecule is CC(C)CNCC(CCS(C)(=O)=O)Cc1cccc(F)c1. The van der Waals surface area contributed by atoms with Crippen molar-refractivity contribution in [3.63, 3.8) is 0 Å². The Kier molecular flexibility index (Phi) is 7.32. The highest BCUT2D eigenvalue weighted by molar-refractivity contribution is 7.90. The van der Waals surface area contributed by atoms with Crippen molar-refractivity contribution in [3.05, 3.63) is 35.6 Å². The molecule has 0 bridgehead atoms. The van der Waals surface area contributed by atoms with E-state index in [0.717, 1.165) is 18.7 Å². The molecule has 0 radical (unpaired) electrons. The maximum Gasteiger partial charge on any atom is 0.147 e. The van der Waals surface area contributed by atoms with E-state index in [2.05, 4.69) is 19.2 Å². The molecule has 0 aliphatic heterocycles. The van der Waals surface area contributed by atoms with Crippen molar-refractivity contribution in [1.29, 1.82) is 0 Å². The van der Waals surface area contributed by atoms with E-state index >= 15 is 0 Å². The molecule has 0 aliphatic rings. The third-order valence-electron chi connectivity index (χ3n) is 3.30. The Morgan fingerprint density at radius 2 is 1.95 bits per heavy atom. The molecule has 0 spiro atoms. The van der Waals surface area contributed by atoms with Crippen LogP contribution < -0.4 is 5.32 Å². The highest BCUT2D eigenvalue weighted by Gasteiger charge is 2.13. The topological polar surface area (TPSA) is 46.2 Å². The van der Waals surface area contributed by atoms with Gasteiger partial charge in [-0.1, -0.05) is 26.0 Å². The van der Waals surface area contributed by atoms with Crippen LogP contribution >= 0.6 is 0 Å². The molecular formula is C16H26FNO2S. The first-order valence-electron chi connectivity index (χ1n) is 7.39. The van der Waals surface area contributed by atoms with Gasteiger partial charge < -0.3 is 5.32 Å². The standard InChI is InChI=1S/C16H26FNO2S/c1-13(2)11-18-12-15(7-8-21(3,19)20)9-14-5-4-6-16(17)10-14/h4-6,10,13,15,18H,7-9,11-12H2,1-3H3. The Bertz CT molecular complexity index is 529. The number of hydrogen-bond donors (Lipinski definition) is 1. The van der Waals surface area contributed by atoms with Gasteiger partial charge in [0.15, 0.2) is 0 Å². The summed E-state index contributed by atoms with van der Waals surface area (Å²) < 4.78 is 35.9. The zero-order valence-corrected chi connectivity index (χ0v) is 13.9. The summed E-state index contributed by atoms with van der Waals surface area (Å²) in [6.07, 6.45) is 2.55.